The van der Waals surface area contributed by atoms with Crippen molar-refractivity contribution in [3.8, 4) is 63.5 Å². The van der Waals surface area contributed by atoms with Gasteiger partial charge in [0, 0.05) is 12.8 Å². The van der Waals surface area contributed by atoms with Gasteiger partial charge in [0.2, 0.25) is 0 Å². The summed E-state index contributed by atoms with van der Waals surface area (Å²) in [7, 11) is 0. The predicted octanol–water partition coefficient (Wildman–Crippen LogP) is 9.84. The first-order chi connectivity index (χ1) is 32.0. The van der Waals surface area contributed by atoms with Crippen LogP contribution in [0.1, 0.15) is 64.4 Å². The number of esters is 4. The van der Waals surface area contributed by atoms with Crippen molar-refractivity contribution in [2.75, 3.05) is 26.4 Å². The van der Waals surface area contributed by atoms with Crippen LogP contribution in [-0.2, 0) is 19.1 Å². The first-order valence-electron chi connectivity index (χ1n) is 20.9. The van der Waals surface area contributed by atoms with E-state index in [4.69, 9.17) is 38.9 Å². The van der Waals surface area contributed by atoms with E-state index in [2.05, 4.69) is 18.2 Å². The zero-order valence-electron chi connectivity index (χ0n) is 35.9. The molecule has 330 valence electrons. The number of carbonyl (C=O) groups is 4. The summed E-state index contributed by atoms with van der Waals surface area (Å²) in [5, 5.41) is 27.8. The van der Waals surface area contributed by atoms with E-state index in [1.807, 2.05) is 48.5 Å². The number of rotatable bonds is 20. The fourth-order valence-corrected chi connectivity index (χ4v) is 6.38. The molecule has 0 bridgehead atoms. The van der Waals surface area contributed by atoms with Gasteiger partial charge < -0.3 is 28.4 Å². The number of ether oxygens (including phenoxy) is 6. The van der Waals surface area contributed by atoms with Crippen LogP contribution < -0.4 is 18.9 Å². The van der Waals surface area contributed by atoms with E-state index in [0.717, 1.165) is 22.3 Å². The summed E-state index contributed by atoms with van der Waals surface area (Å²) in [5.74, 6) is -0.446. The Morgan fingerprint density at radius 1 is 0.439 bits per heavy atom. The molecule has 6 aromatic carbocycles. The van der Waals surface area contributed by atoms with Gasteiger partial charge in [-0.2, -0.15) is 15.8 Å². The molecule has 0 aromatic heterocycles. The maximum atomic E-state index is 12.7. The molecule has 0 unspecified atom stereocenters. The Hall–Kier alpha value is -8.73. The third-order valence-corrected chi connectivity index (χ3v) is 10.3. The van der Waals surface area contributed by atoms with Gasteiger partial charge in [-0.25, -0.2) is 9.59 Å². The number of nitrogens with zero attached hydrogens (tertiary/aromatic N) is 3. The Kier molecular flexibility index (Phi) is 16.4. The second kappa shape index (κ2) is 23.1. The van der Waals surface area contributed by atoms with Crippen molar-refractivity contribution < 1.29 is 47.6 Å². The fraction of sp³-hybridized carbons (Fsp3) is 0.189. The molecule has 0 atom stereocenters. The van der Waals surface area contributed by atoms with Crippen molar-refractivity contribution in [2.24, 2.45) is 5.41 Å². The highest BCUT2D eigenvalue weighted by Crippen LogP contribution is 2.29. The lowest BCUT2D eigenvalue weighted by Crippen LogP contribution is -2.20. The second-order valence-corrected chi connectivity index (χ2v) is 15.1. The minimum absolute atomic E-state index is 0.0337. The van der Waals surface area contributed by atoms with Crippen LogP contribution in [0.4, 0.5) is 0 Å². The van der Waals surface area contributed by atoms with E-state index in [1.54, 1.807) is 104 Å². The van der Waals surface area contributed by atoms with E-state index in [0.29, 0.717) is 45.3 Å². The Morgan fingerprint density at radius 2 is 0.758 bits per heavy atom. The summed E-state index contributed by atoms with van der Waals surface area (Å²) >= 11 is 0. The van der Waals surface area contributed by atoms with Crippen LogP contribution in [0.2, 0.25) is 0 Å². The van der Waals surface area contributed by atoms with Gasteiger partial charge in [0.15, 0.2) is 0 Å². The standard InChI is InChI=1S/C53H43N3O10/c1-53(36-56,28-26-49(57)63-32-30-61-45-18-14-43(15-19-45)51(59)65-47-22-10-41(11-23-47)39-6-2-37(34-54)3-7-39)29-27-50(58)64-33-31-62-46-20-16-44(17-21-46)52(60)66-48-24-12-42(13-25-48)40-8-4-38(35-55)5-9-40/h2-25H,26-33H2,1H3. The van der Waals surface area contributed by atoms with Crippen molar-refractivity contribution in [3.05, 3.63) is 168 Å². The zero-order chi connectivity index (χ0) is 46.7. The molecule has 6 rings (SSSR count). The quantitative estimate of drug-likeness (QED) is 0.0400. The van der Waals surface area contributed by atoms with Crippen LogP contribution in [0.15, 0.2) is 146 Å². The minimum atomic E-state index is -0.970. The van der Waals surface area contributed by atoms with Crippen molar-refractivity contribution in [2.45, 2.75) is 32.6 Å². The molecule has 0 fully saturated rings. The molecule has 66 heavy (non-hydrogen) atoms. The third-order valence-electron chi connectivity index (χ3n) is 10.3. The van der Waals surface area contributed by atoms with Crippen LogP contribution in [0.3, 0.4) is 0 Å². The molecule has 13 heteroatoms. The van der Waals surface area contributed by atoms with Crippen LogP contribution >= 0.6 is 0 Å². The smallest absolute Gasteiger partial charge is 0.343 e. The van der Waals surface area contributed by atoms with Crippen molar-refractivity contribution in [1.29, 1.82) is 15.8 Å². The van der Waals surface area contributed by atoms with Gasteiger partial charge in [-0.15, -0.1) is 0 Å². The molecule has 0 N–H and O–H groups in total. The summed E-state index contributed by atoms with van der Waals surface area (Å²) < 4.78 is 32.8. The van der Waals surface area contributed by atoms with Gasteiger partial charge in [-0.05, 0) is 139 Å². The van der Waals surface area contributed by atoms with E-state index in [-0.39, 0.29) is 52.1 Å². The largest absolute Gasteiger partial charge is 0.490 e. The monoisotopic (exact) mass is 881 g/mol. The molecule has 0 saturated carbocycles. The second-order valence-electron chi connectivity index (χ2n) is 15.1. The predicted molar refractivity (Wildman–Crippen MR) is 241 cm³/mol. The maximum Gasteiger partial charge on any atom is 0.343 e. The highest BCUT2D eigenvalue weighted by Gasteiger charge is 2.27. The summed E-state index contributed by atoms with van der Waals surface area (Å²) in [4.78, 5) is 50.3. The highest BCUT2D eigenvalue weighted by atomic mass is 16.6. The van der Waals surface area contributed by atoms with Crippen molar-refractivity contribution >= 4 is 23.9 Å². The molecular formula is C53H43N3O10. The number of hydrogen-bond donors (Lipinski definition) is 0. The zero-order valence-corrected chi connectivity index (χ0v) is 35.9. The molecule has 0 spiro atoms. The van der Waals surface area contributed by atoms with Gasteiger partial charge in [-0.3, -0.25) is 9.59 Å². The maximum absolute atomic E-state index is 12.7. The lowest BCUT2D eigenvalue weighted by atomic mass is 9.82. The number of carbonyl (C=O) groups excluding carboxylic acids is 4. The van der Waals surface area contributed by atoms with Crippen molar-refractivity contribution in [3.63, 3.8) is 0 Å². The molecule has 6 aromatic rings. The van der Waals surface area contributed by atoms with Gasteiger partial charge in [0.1, 0.15) is 49.4 Å². The summed E-state index contributed by atoms with van der Waals surface area (Å²) in [6, 6.07) is 47.5. The summed E-state index contributed by atoms with van der Waals surface area (Å²) in [6.45, 7) is 1.72. The minimum Gasteiger partial charge on any atom is -0.490 e. The molecule has 13 nitrogen and oxygen atoms in total. The fourth-order valence-electron chi connectivity index (χ4n) is 6.38. The van der Waals surface area contributed by atoms with Crippen LogP contribution in [0.5, 0.6) is 23.0 Å². The Bertz CT molecular complexity index is 2550. The molecule has 0 radical (unpaired) electrons. The van der Waals surface area contributed by atoms with Crippen LogP contribution in [0, 0.1) is 39.4 Å². The van der Waals surface area contributed by atoms with E-state index in [9.17, 15) is 24.4 Å². The SMILES string of the molecule is CC(C#N)(CCC(=O)OCCOc1ccc(C(=O)Oc2ccc(-c3ccc(C#N)cc3)cc2)cc1)CCC(=O)OCCOc1ccc(C(=O)Oc2ccc(-c3ccc(C#N)cc3)cc2)cc1. The van der Waals surface area contributed by atoms with Crippen molar-refractivity contribution in [1.82, 2.24) is 0 Å². The average Bonchev–Trinajstić information content (AvgIpc) is 3.36. The summed E-state index contributed by atoms with van der Waals surface area (Å²) in [5.41, 5.74) is 4.49. The van der Waals surface area contributed by atoms with Gasteiger partial charge in [0.25, 0.3) is 0 Å². The first kappa shape index (κ1) is 46.8. The molecule has 0 heterocycles. The molecule has 0 aliphatic rings. The molecule has 0 aliphatic heterocycles. The Balaban J connectivity index is 0.814. The average molecular weight is 882 g/mol. The number of nitriles is 3. The molecule has 0 aliphatic carbocycles. The molecule has 0 amide bonds. The van der Waals surface area contributed by atoms with E-state index in [1.165, 1.54) is 0 Å². The highest BCUT2D eigenvalue weighted by molar-refractivity contribution is 5.92. The number of hydrogen-bond acceptors (Lipinski definition) is 13. The lowest BCUT2D eigenvalue weighted by Gasteiger charge is -2.20. The van der Waals surface area contributed by atoms with Crippen LogP contribution in [0.25, 0.3) is 22.3 Å². The Labute approximate surface area is 381 Å². The normalized spacial score (nSPS) is 10.6. The summed E-state index contributed by atoms with van der Waals surface area (Å²) in [6.07, 6.45) is 0.279. The van der Waals surface area contributed by atoms with Gasteiger partial charge in [-0.1, -0.05) is 48.5 Å². The third kappa shape index (κ3) is 13.9. The lowest BCUT2D eigenvalue weighted by molar-refractivity contribution is -0.145. The van der Waals surface area contributed by atoms with Crippen LogP contribution in [-0.4, -0.2) is 50.3 Å². The molecular weight excluding hydrogens is 839 g/mol. The number of benzene rings is 6. The first-order valence-corrected chi connectivity index (χ1v) is 20.9. The van der Waals surface area contributed by atoms with Gasteiger partial charge >= 0.3 is 23.9 Å². The Morgan fingerprint density at radius 3 is 1.08 bits per heavy atom. The topological polar surface area (TPSA) is 195 Å². The van der Waals surface area contributed by atoms with E-state index >= 15 is 0 Å². The van der Waals surface area contributed by atoms with Gasteiger partial charge in [0.05, 0.1) is 45.9 Å². The van der Waals surface area contributed by atoms with E-state index < -0.39 is 29.3 Å². The molecule has 0 saturated heterocycles.